The summed E-state index contributed by atoms with van der Waals surface area (Å²) < 4.78 is 0. The minimum absolute atomic E-state index is 0.0198. The molecule has 1 fully saturated rings. The molecule has 1 aliphatic rings. The summed E-state index contributed by atoms with van der Waals surface area (Å²) in [6, 6.07) is 13.1. The maximum absolute atomic E-state index is 13.4. The lowest BCUT2D eigenvalue weighted by atomic mass is 9.97. The first kappa shape index (κ1) is 24.5. The summed E-state index contributed by atoms with van der Waals surface area (Å²) in [5.74, 6) is -1.19. The second kappa shape index (κ2) is 11.1. The molecule has 0 saturated carbocycles. The average molecular weight is 464 g/mol. The number of unbranched alkanes of at least 4 members (excludes halogenated alkanes) is 2. The molecule has 178 valence electrons. The number of piperidine rings is 1. The second-order valence-electron chi connectivity index (χ2n) is 7.96. The number of aliphatic imine (C=N–C) groups is 1. The Morgan fingerprint density at radius 2 is 1.79 bits per heavy atom. The molecule has 0 spiro atoms. The number of phenolic OH excluding ortho intramolecular Hbond substituents is 1. The first-order chi connectivity index (χ1) is 16.3. The Morgan fingerprint density at radius 1 is 1.12 bits per heavy atom. The molecular formula is C25H29N5O4. The van der Waals surface area contributed by atoms with Crippen molar-refractivity contribution in [3.63, 3.8) is 0 Å². The number of hydrogen-bond acceptors (Lipinski definition) is 6. The number of primary amides is 1. The van der Waals surface area contributed by atoms with Crippen molar-refractivity contribution in [1.82, 2.24) is 0 Å². The molecule has 5 N–H and O–H groups in total. The van der Waals surface area contributed by atoms with Gasteiger partial charge in [0.2, 0.25) is 6.41 Å². The number of hydrogen-bond donors (Lipinski definition) is 3. The number of phenols is 1. The summed E-state index contributed by atoms with van der Waals surface area (Å²) in [6.07, 6.45) is 4.11. The number of benzene rings is 2. The molecule has 0 aromatic heterocycles. The van der Waals surface area contributed by atoms with Crippen LogP contribution < -0.4 is 21.3 Å². The van der Waals surface area contributed by atoms with Gasteiger partial charge in [0.25, 0.3) is 11.8 Å². The summed E-state index contributed by atoms with van der Waals surface area (Å²) in [5, 5.41) is 9.52. The summed E-state index contributed by atoms with van der Waals surface area (Å²) in [7, 11) is 0. The third-order valence-corrected chi connectivity index (χ3v) is 5.62. The van der Waals surface area contributed by atoms with Crippen LogP contribution in [0.1, 0.15) is 32.6 Å². The van der Waals surface area contributed by atoms with Crippen molar-refractivity contribution < 1.29 is 19.5 Å². The minimum Gasteiger partial charge on any atom is -0.508 e. The van der Waals surface area contributed by atoms with E-state index >= 15 is 0 Å². The molecule has 0 atom stereocenters. The van der Waals surface area contributed by atoms with Crippen LogP contribution in [0.15, 0.2) is 64.8 Å². The summed E-state index contributed by atoms with van der Waals surface area (Å²) in [6.45, 7) is 3.01. The van der Waals surface area contributed by atoms with Gasteiger partial charge in [0.1, 0.15) is 17.2 Å². The number of nitrogens with two attached hydrogens (primary N) is 2. The Hall–Kier alpha value is -4.14. The lowest BCUT2D eigenvalue weighted by molar-refractivity contribution is -0.114. The van der Waals surface area contributed by atoms with Crippen molar-refractivity contribution in [1.29, 1.82) is 0 Å². The standard InChI is InChI=1S/C25H29N5O4/c1-2-3-4-14-29(16-31)18-7-9-19(10-8-18)30-15-13-21(22(26)24(27)33)23(25(30)34)28-17-5-11-20(32)12-6-17/h5-12,16,32H,2-4,13-15,26H2,1H3,(H2,27,33). The second-order valence-corrected chi connectivity index (χ2v) is 7.96. The van der Waals surface area contributed by atoms with Crippen LogP contribution >= 0.6 is 0 Å². The molecule has 34 heavy (non-hydrogen) atoms. The highest BCUT2D eigenvalue weighted by molar-refractivity contribution is 6.51. The Bertz CT molecular complexity index is 1110. The van der Waals surface area contributed by atoms with Crippen LogP contribution in [0.5, 0.6) is 5.75 Å². The molecular weight excluding hydrogens is 434 g/mol. The van der Waals surface area contributed by atoms with Crippen molar-refractivity contribution in [3.8, 4) is 5.75 Å². The van der Waals surface area contributed by atoms with Gasteiger partial charge < -0.3 is 26.4 Å². The van der Waals surface area contributed by atoms with Gasteiger partial charge in [0.05, 0.1) is 5.69 Å². The zero-order chi connectivity index (χ0) is 24.7. The fraction of sp³-hybridized carbons (Fsp3) is 0.280. The zero-order valence-electron chi connectivity index (χ0n) is 19.1. The molecule has 1 aliphatic heterocycles. The van der Waals surface area contributed by atoms with Crippen LogP contribution in [0.2, 0.25) is 0 Å². The predicted octanol–water partition coefficient (Wildman–Crippen LogP) is 2.75. The Balaban J connectivity index is 1.91. The average Bonchev–Trinajstić information content (AvgIpc) is 2.84. The fourth-order valence-corrected chi connectivity index (χ4v) is 3.73. The van der Waals surface area contributed by atoms with Crippen LogP contribution in [0.3, 0.4) is 0 Å². The van der Waals surface area contributed by atoms with Gasteiger partial charge in [-0.25, -0.2) is 4.99 Å². The van der Waals surface area contributed by atoms with E-state index in [1.165, 1.54) is 12.1 Å². The molecule has 1 heterocycles. The molecule has 0 aliphatic carbocycles. The van der Waals surface area contributed by atoms with Crippen LogP contribution in [0.4, 0.5) is 17.1 Å². The third-order valence-electron chi connectivity index (χ3n) is 5.62. The van der Waals surface area contributed by atoms with Gasteiger partial charge in [-0.15, -0.1) is 0 Å². The normalized spacial score (nSPS) is 16.4. The van der Waals surface area contributed by atoms with Gasteiger partial charge in [-0.05, 0) is 61.4 Å². The van der Waals surface area contributed by atoms with Crippen LogP contribution in [-0.4, -0.2) is 42.1 Å². The molecule has 3 rings (SSSR count). The van der Waals surface area contributed by atoms with Crippen molar-refractivity contribution >= 4 is 41.0 Å². The molecule has 9 heteroatoms. The lowest BCUT2D eigenvalue weighted by Gasteiger charge is -2.30. The van der Waals surface area contributed by atoms with E-state index in [4.69, 9.17) is 11.5 Å². The molecule has 3 amide bonds. The SMILES string of the molecule is CCCCCN(C=O)c1ccc(N2CCC(=C(N)C(N)=O)C(=Nc3ccc(O)cc3)C2=O)cc1. The monoisotopic (exact) mass is 463 g/mol. The molecule has 1 saturated heterocycles. The smallest absolute Gasteiger partial charge is 0.277 e. The number of anilines is 2. The Labute approximate surface area is 198 Å². The maximum Gasteiger partial charge on any atom is 0.277 e. The van der Waals surface area contributed by atoms with Gasteiger partial charge in [0.15, 0.2) is 0 Å². The van der Waals surface area contributed by atoms with E-state index in [-0.39, 0.29) is 30.1 Å². The number of rotatable bonds is 9. The van der Waals surface area contributed by atoms with Gasteiger partial charge in [-0.2, -0.15) is 0 Å². The molecule has 2 aromatic rings. The van der Waals surface area contributed by atoms with E-state index in [0.717, 1.165) is 31.4 Å². The van der Waals surface area contributed by atoms with Crippen LogP contribution in [0, 0.1) is 0 Å². The number of carbonyl (C=O) groups is 3. The maximum atomic E-state index is 13.4. The predicted molar refractivity (Wildman–Crippen MR) is 132 cm³/mol. The summed E-state index contributed by atoms with van der Waals surface area (Å²) in [5.41, 5.74) is 13.2. The molecule has 0 unspecified atom stereocenters. The Kier molecular flexibility index (Phi) is 8.02. The number of nitrogens with zero attached hydrogens (tertiary/aromatic N) is 3. The largest absolute Gasteiger partial charge is 0.508 e. The Morgan fingerprint density at radius 3 is 2.38 bits per heavy atom. The highest BCUT2D eigenvalue weighted by Gasteiger charge is 2.32. The fourth-order valence-electron chi connectivity index (χ4n) is 3.73. The van der Waals surface area contributed by atoms with E-state index in [9.17, 15) is 19.5 Å². The number of carbonyl (C=O) groups excluding carboxylic acids is 3. The van der Waals surface area contributed by atoms with E-state index in [1.807, 2.05) is 0 Å². The highest BCUT2D eigenvalue weighted by Crippen LogP contribution is 2.28. The summed E-state index contributed by atoms with van der Waals surface area (Å²) >= 11 is 0. The van der Waals surface area contributed by atoms with Gasteiger partial charge in [-0.1, -0.05) is 19.8 Å². The molecule has 9 nitrogen and oxygen atoms in total. The quantitative estimate of drug-likeness (QED) is 0.298. The number of amides is 3. The molecule has 0 radical (unpaired) electrons. The summed E-state index contributed by atoms with van der Waals surface area (Å²) in [4.78, 5) is 44.2. The topological polar surface area (TPSA) is 142 Å². The number of aromatic hydroxyl groups is 1. The van der Waals surface area contributed by atoms with Crippen molar-refractivity contribution in [2.45, 2.75) is 32.6 Å². The van der Waals surface area contributed by atoms with Crippen molar-refractivity contribution in [3.05, 3.63) is 59.8 Å². The van der Waals surface area contributed by atoms with Gasteiger partial charge in [0, 0.05) is 30.0 Å². The van der Waals surface area contributed by atoms with Gasteiger partial charge >= 0.3 is 0 Å². The first-order valence-electron chi connectivity index (χ1n) is 11.2. The van der Waals surface area contributed by atoms with E-state index in [0.29, 0.717) is 23.5 Å². The van der Waals surface area contributed by atoms with E-state index < -0.39 is 11.8 Å². The molecule has 2 aromatic carbocycles. The lowest BCUT2D eigenvalue weighted by Crippen LogP contribution is -2.44. The highest BCUT2D eigenvalue weighted by atomic mass is 16.3. The van der Waals surface area contributed by atoms with E-state index in [2.05, 4.69) is 11.9 Å². The van der Waals surface area contributed by atoms with Crippen LogP contribution in [0.25, 0.3) is 0 Å². The minimum atomic E-state index is -0.823. The zero-order valence-corrected chi connectivity index (χ0v) is 19.1. The van der Waals surface area contributed by atoms with Crippen molar-refractivity contribution in [2.75, 3.05) is 22.9 Å². The van der Waals surface area contributed by atoms with Crippen LogP contribution in [-0.2, 0) is 14.4 Å². The van der Waals surface area contributed by atoms with Gasteiger partial charge in [-0.3, -0.25) is 14.4 Å². The molecule has 0 bridgehead atoms. The van der Waals surface area contributed by atoms with E-state index in [1.54, 1.807) is 46.2 Å². The van der Waals surface area contributed by atoms with Crippen molar-refractivity contribution in [2.24, 2.45) is 16.5 Å². The first-order valence-corrected chi connectivity index (χ1v) is 11.2. The third kappa shape index (κ3) is 5.61.